The Morgan fingerprint density at radius 2 is 2.17 bits per heavy atom. The molecule has 2 aromatic heterocycles. The van der Waals surface area contributed by atoms with Crippen molar-refractivity contribution in [2.75, 3.05) is 11.9 Å². The molecule has 96 valence electrons. The van der Waals surface area contributed by atoms with Crippen LogP contribution in [0.2, 0.25) is 0 Å². The van der Waals surface area contributed by atoms with Crippen molar-refractivity contribution < 1.29 is 0 Å². The lowest BCUT2D eigenvalue weighted by atomic mass is 10.1. The van der Waals surface area contributed by atoms with Crippen molar-refractivity contribution in [3.05, 3.63) is 45.3 Å². The maximum atomic E-state index is 5.85. The van der Waals surface area contributed by atoms with E-state index in [-0.39, 0.29) is 0 Å². The monoisotopic (exact) mass is 261 g/mol. The zero-order valence-corrected chi connectivity index (χ0v) is 11.9. The number of rotatable bonds is 4. The molecule has 0 spiro atoms. The number of pyridine rings is 1. The van der Waals surface area contributed by atoms with E-state index in [4.69, 9.17) is 5.73 Å². The lowest BCUT2D eigenvalue weighted by Crippen LogP contribution is -2.21. The fourth-order valence-electron chi connectivity index (χ4n) is 2.12. The minimum atomic E-state index is 0.531. The van der Waals surface area contributed by atoms with Gasteiger partial charge in [0, 0.05) is 29.7 Å². The molecule has 0 atom stereocenters. The van der Waals surface area contributed by atoms with Gasteiger partial charge in [-0.2, -0.15) is 0 Å². The maximum absolute atomic E-state index is 5.85. The second-order valence-corrected chi connectivity index (χ2v) is 5.55. The summed E-state index contributed by atoms with van der Waals surface area (Å²) in [6.07, 6.45) is 0. The van der Waals surface area contributed by atoms with Crippen LogP contribution >= 0.6 is 11.3 Å². The van der Waals surface area contributed by atoms with Crippen LogP contribution in [-0.2, 0) is 13.1 Å². The smallest absolute Gasteiger partial charge is 0.133 e. The van der Waals surface area contributed by atoms with Gasteiger partial charge >= 0.3 is 0 Å². The molecule has 0 saturated heterocycles. The van der Waals surface area contributed by atoms with Gasteiger partial charge in [0.05, 0.1) is 6.54 Å². The highest BCUT2D eigenvalue weighted by Gasteiger charge is 2.12. The third-order valence-corrected chi connectivity index (χ3v) is 3.85. The highest BCUT2D eigenvalue weighted by molar-refractivity contribution is 7.09. The number of nitrogens with two attached hydrogens (primary N) is 1. The van der Waals surface area contributed by atoms with Gasteiger partial charge in [0.25, 0.3) is 0 Å². The normalized spacial score (nSPS) is 10.7. The van der Waals surface area contributed by atoms with Crippen LogP contribution in [-0.4, -0.2) is 12.0 Å². The Kier molecular flexibility index (Phi) is 3.99. The lowest BCUT2D eigenvalue weighted by Gasteiger charge is -2.22. The summed E-state index contributed by atoms with van der Waals surface area (Å²) in [6.45, 7) is 5.53. The molecule has 0 aromatic carbocycles. The number of hydrogen-bond acceptors (Lipinski definition) is 4. The van der Waals surface area contributed by atoms with Gasteiger partial charge in [-0.15, -0.1) is 11.3 Å². The average molecular weight is 261 g/mol. The highest BCUT2D eigenvalue weighted by atomic mass is 32.1. The van der Waals surface area contributed by atoms with Crippen molar-refractivity contribution in [2.24, 2.45) is 5.73 Å². The molecule has 2 N–H and O–H groups in total. The Balaban J connectivity index is 2.31. The van der Waals surface area contributed by atoms with E-state index in [1.54, 1.807) is 11.3 Å². The average Bonchev–Trinajstić information content (AvgIpc) is 2.80. The largest absolute Gasteiger partial charge is 0.354 e. The predicted molar refractivity (Wildman–Crippen MR) is 78.0 cm³/mol. The van der Waals surface area contributed by atoms with Gasteiger partial charge in [-0.3, -0.25) is 0 Å². The molecule has 4 heteroatoms. The first-order valence-electron chi connectivity index (χ1n) is 6.02. The van der Waals surface area contributed by atoms with Gasteiger partial charge in [0.2, 0.25) is 0 Å². The molecule has 0 aliphatic heterocycles. The summed E-state index contributed by atoms with van der Waals surface area (Å²) >= 11 is 1.77. The summed E-state index contributed by atoms with van der Waals surface area (Å²) in [5.41, 5.74) is 9.25. The Bertz CT molecular complexity index is 520. The molecule has 0 amide bonds. The molecule has 0 aliphatic rings. The first-order valence-corrected chi connectivity index (χ1v) is 6.90. The molecule has 0 aliphatic carbocycles. The van der Waals surface area contributed by atoms with Gasteiger partial charge in [0.15, 0.2) is 0 Å². The predicted octanol–water partition coefficient (Wildman–Crippen LogP) is 2.86. The Morgan fingerprint density at radius 3 is 2.78 bits per heavy atom. The first-order chi connectivity index (χ1) is 8.61. The molecule has 18 heavy (non-hydrogen) atoms. The van der Waals surface area contributed by atoms with Crippen LogP contribution in [0.1, 0.15) is 21.7 Å². The van der Waals surface area contributed by atoms with Crippen LogP contribution in [0, 0.1) is 13.8 Å². The molecule has 3 nitrogen and oxygen atoms in total. The van der Waals surface area contributed by atoms with Crippen LogP contribution < -0.4 is 10.6 Å². The summed E-state index contributed by atoms with van der Waals surface area (Å²) in [6, 6.07) is 6.31. The maximum Gasteiger partial charge on any atom is 0.133 e. The molecule has 2 heterocycles. The molecule has 0 bridgehead atoms. The molecule has 0 saturated carbocycles. The van der Waals surface area contributed by atoms with Crippen LogP contribution in [0.3, 0.4) is 0 Å². The van der Waals surface area contributed by atoms with E-state index in [1.807, 2.05) is 6.92 Å². The third kappa shape index (κ3) is 2.71. The molecule has 0 fully saturated rings. The number of hydrogen-bond donors (Lipinski definition) is 1. The van der Waals surface area contributed by atoms with Gasteiger partial charge in [-0.1, -0.05) is 6.07 Å². The van der Waals surface area contributed by atoms with E-state index < -0.39 is 0 Å². The SMILES string of the molecule is Cc1cc(C)c(CN)c(N(C)Cc2cccs2)n1. The summed E-state index contributed by atoms with van der Waals surface area (Å²) in [5.74, 6) is 1.00. The zero-order valence-electron chi connectivity index (χ0n) is 11.1. The number of aryl methyl sites for hydroxylation is 2. The first kappa shape index (κ1) is 13.1. The third-order valence-electron chi connectivity index (χ3n) is 2.99. The molecular weight excluding hydrogens is 242 g/mol. The Hall–Kier alpha value is -1.39. The molecule has 2 aromatic rings. The summed E-state index contributed by atoms with van der Waals surface area (Å²) in [4.78, 5) is 8.15. The molecule has 0 unspecified atom stereocenters. The van der Waals surface area contributed by atoms with Gasteiger partial charge in [0.1, 0.15) is 5.82 Å². The standard InChI is InChI=1S/C14H19N3S/c1-10-7-11(2)16-14(13(10)8-15)17(3)9-12-5-4-6-18-12/h4-7H,8-9,15H2,1-3H3. The lowest BCUT2D eigenvalue weighted by molar-refractivity contribution is 0.875. The van der Waals surface area contributed by atoms with E-state index in [1.165, 1.54) is 10.4 Å². The number of nitrogens with zero attached hydrogens (tertiary/aromatic N) is 2. The second-order valence-electron chi connectivity index (χ2n) is 4.52. The van der Waals surface area contributed by atoms with E-state index in [0.29, 0.717) is 6.54 Å². The minimum absolute atomic E-state index is 0.531. The van der Waals surface area contributed by atoms with Crippen molar-refractivity contribution in [2.45, 2.75) is 26.9 Å². The van der Waals surface area contributed by atoms with E-state index in [0.717, 1.165) is 23.6 Å². The van der Waals surface area contributed by atoms with E-state index >= 15 is 0 Å². The fourth-order valence-corrected chi connectivity index (χ4v) is 2.88. The highest BCUT2D eigenvalue weighted by Crippen LogP contribution is 2.23. The zero-order chi connectivity index (χ0) is 13.1. The van der Waals surface area contributed by atoms with E-state index in [9.17, 15) is 0 Å². The van der Waals surface area contributed by atoms with Gasteiger partial charge in [-0.25, -0.2) is 4.98 Å². The quantitative estimate of drug-likeness (QED) is 0.920. The second kappa shape index (κ2) is 5.50. The van der Waals surface area contributed by atoms with Crippen molar-refractivity contribution in [1.29, 1.82) is 0 Å². The minimum Gasteiger partial charge on any atom is -0.354 e. The van der Waals surface area contributed by atoms with E-state index in [2.05, 4.69) is 47.4 Å². The molecular formula is C14H19N3S. The Labute approximate surface area is 112 Å². The van der Waals surface area contributed by atoms with Crippen molar-refractivity contribution >= 4 is 17.2 Å². The number of thiophene rings is 1. The molecule has 2 rings (SSSR count). The van der Waals surface area contributed by atoms with Crippen LogP contribution in [0.5, 0.6) is 0 Å². The Morgan fingerprint density at radius 1 is 1.39 bits per heavy atom. The summed E-state index contributed by atoms with van der Waals surface area (Å²) in [7, 11) is 2.07. The van der Waals surface area contributed by atoms with Crippen molar-refractivity contribution in [1.82, 2.24) is 4.98 Å². The number of aromatic nitrogens is 1. The van der Waals surface area contributed by atoms with Crippen LogP contribution in [0.15, 0.2) is 23.6 Å². The van der Waals surface area contributed by atoms with Gasteiger partial charge < -0.3 is 10.6 Å². The summed E-state index contributed by atoms with van der Waals surface area (Å²) < 4.78 is 0. The topological polar surface area (TPSA) is 42.1 Å². The van der Waals surface area contributed by atoms with Crippen LogP contribution in [0.4, 0.5) is 5.82 Å². The fraction of sp³-hybridized carbons (Fsp3) is 0.357. The summed E-state index contributed by atoms with van der Waals surface area (Å²) in [5, 5.41) is 2.10. The van der Waals surface area contributed by atoms with Gasteiger partial charge in [-0.05, 0) is 36.9 Å². The van der Waals surface area contributed by atoms with Crippen LogP contribution in [0.25, 0.3) is 0 Å². The van der Waals surface area contributed by atoms with Crippen molar-refractivity contribution in [3.8, 4) is 0 Å². The number of anilines is 1. The van der Waals surface area contributed by atoms with Crippen molar-refractivity contribution in [3.63, 3.8) is 0 Å². The molecule has 0 radical (unpaired) electrons.